The lowest BCUT2D eigenvalue weighted by Crippen LogP contribution is -2.23. The van der Waals surface area contributed by atoms with Crippen LogP contribution in [0.1, 0.15) is 34.3 Å². The minimum absolute atomic E-state index is 0.0946. The van der Waals surface area contributed by atoms with Gasteiger partial charge in [0, 0.05) is 0 Å². The Labute approximate surface area is 288 Å². The van der Waals surface area contributed by atoms with Crippen LogP contribution in [0.5, 0.6) is 11.5 Å². The largest absolute Gasteiger partial charge is 0.490 e. The minimum atomic E-state index is -1.02. The molecule has 0 saturated heterocycles. The van der Waals surface area contributed by atoms with Crippen LogP contribution in [0.25, 0.3) is 11.6 Å². The van der Waals surface area contributed by atoms with Gasteiger partial charge in [0.1, 0.15) is 43.8 Å². The van der Waals surface area contributed by atoms with Gasteiger partial charge < -0.3 is 24.1 Å². The highest BCUT2D eigenvalue weighted by Crippen LogP contribution is 2.33. The Balaban J connectivity index is 0.000000266. The topological polar surface area (TPSA) is 91.3 Å². The van der Waals surface area contributed by atoms with Gasteiger partial charge in [0.15, 0.2) is 0 Å². The summed E-state index contributed by atoms with van der Waals surface area (Å²) in [5, 5.41) is 10.7. The number of esters is 2. The molecule has 2 unspecified atom stereocenters. The number of hydrogen-bond acceptors (Lipinski definition) is 7. The van der Waals surface area contributed by atoms with Gasteiger partial charge in [-0.25, -0.2) is 4.79 Å². The molecule has 7 nitrogen and oxygen atoms in total. The maximum absolute atomic E-state index is 12.5. The number of aliphatic hydroxyl groups excluding tert-OH is 1. The molecule has 7 heteroatoms. The van der Waals surface area contributed by atoms with E-state index in [9.17, 15) is 14.7 Å². The Hall–Kier alpha value is -5.92. The molecular formula is C42H42O7. The smallest absolute Gasteiger partial charge is 0.339 e. The average Bonchev–Trinajstić information content (AvgIpc) is 3.15. The highest BCUT2D eigenvalue weighted by Gasteiger charge is 2.31. The van der Waals surface area contributed by atoms with Crippen molar-refractivity contribution in [3.05, 3.63) is 182 Å². The van der Waals surface area contributed by atoms with E-state index >= 15 is 0 Å². The van der Waals surface area contributed by atoms with Gasteiger partial charge in [0.2, 0.25) is 0 Å². The van der Waals surface area contributed by atoms with Gasteiger partial charge in [0.25, 0.3) is 0 Å². The van der Waals surface area contributed by atoms with E-state index in [4.69, 9.17) is 18.9 Å². The molecule has 0 bridgehead atoms. The number of carbonyl (C=O) groups is 2. The molecule has 4 aromatic rings. The van der Waals surface area contributed by atoms with Crippen molar-refractivity contribution in [1.82, 2.24) is 0 Å². The van der Waals surface area contributed by atoms with Crippen LogP contribution in [-0.4, -0.2) is 43.5 Å². The summed E-state index contributed by atoms with van der Waals surface area (Å²) in [7, 11) is 0. The van der Waals surface area contributed by atoms with Crippen molar-refractivity contribution in [1.29, 1.82) is 0 Å². The second-order valence-electron chi connectivity index (χ2n) is 10.4. The maximum atomic E-state index is 12.5. The van der Waals surface area contributed by atoms with Crippen molar-refractivity contribution < 1.29 is 33.6 Å². The van der Waals surface area contributed by atoms with Crippen molar-refractivity contribution in [2.24, 2.45) is 0 Å². The Kier molecular flexibility index (Phi) is 16.1. The molecule has 0 aliphatic heterocycles. The molecule has 1 N–H and O–H groups in total. The lowest BCUT2D eigenvalue weighted by Gasteiger charge is -2.22. The highest BCUT2D eigenvalue weighted by molar-refractivity contribution is 6.21. The Bertz CT molecular complexity index is 1660. The van der Waals surface area contributed by atoms with Crippen LogP contribution in [0.15, 0.2) is 160 Å². The van der Waals surface area contributed by atoms with Gasteiger partial charge in [-0.2, -0.15) is 0 Å². The molecule has 0 spiro atoms. The third kappa shape index (κ3) is 12.3. The first-order valence-electron chi connectivity index (χ1n) is 15.6. The molecule has 0 amide bonds. The standard InChI is InChI=1S/C21H22O4.C21H20O3/c1-3-14-24-18-12-10-16(11-13-18)19(21(23)25-15-4-2)20(22)17-8-6-5-7-9-17;1-3-14-23-19-12-10-18(11-13-19)20(21(22)24-15-4-2)16-17-8-6-5-7-9-17/h3-13,19-20,22H,1-2,14-15H2;3-13,16H,1-2,14-15H2. The fourth-order valence-corrected chi connectivity index (χ4v) is 4.52. The molecule has 0 saturated carbocycles. The molecule has 252 valence electrons. The lowest BCUT2D eigenvalue weighted by atomic mass is 9.89. The first-order valence-corrected chi connectivity index (χ1v) is 15.6. The number of carbonyl (C=O) groups excluding carboxylic acids is 2. The summed E-state index contributed by atoms with van der Waals surface area (Å²) in [6.45, 7) is 15.4. The van der Waals surface area contributed by atoms with Crippen LogP contribution in [0.2, 0.25) is 0 Å². The summed E-state index contributed by atoms with van der Waals surface area (Å²) in [4.78, 5) is 24.9. The van der Waals surface area contributed by atoms with E-state index in [1.165, 1.54) is 6.08 Å². The van der Waals surface area contributed by atoms with Gasteiger partial charge in [-0.1, -0.05) is 136 Å². The predicted molar refractivity (Wildman–Crippen MR) is 195 cm³/mol. The van der Waals surface area contributed by atoms with Crippen LogP contribution < -0.4 is 9.47 Å². The second-order valence-corrected chi connectivity index (χ2v) is 10.4. The van der Waals surface area contributed by atoms with Gasteiger partial charge in [-0.3, -0.25) is 4.79 Å². The van der Waals surface area contributed by atoms with Crippen molar-refractivity contribution in [3.63, 3.8) is 0 Å². The molecule has 4 aromatic carbocycles. The zero-order chi connectivity index (χ0) is 35.3. The van der Waals surface area contributed by atoms with Crippen molar-refractivity contribution in [3.8, 4) is 11.5 Å². The average molecular weight is 659 g/mol. The molecule has 0 heterocycles. The summed E-state index contributed by atoms with van der Waals surface area (Å²) in [5.41, 5.74) is 3.47. The van der Waals surface area contributed by atoms with E-state index in [0.29, 0.717) is 35.7 Å². The third-order valence-electron chi connectivity index (χ3n) is 6.86. The number of ether oxygens (including phenoxy) is 4. The van der Waals surface area contributed by atoms with E-state index in [2.05, 4.69) is 26.3 Å². The lowest BCUT2D eigenvalue weighted by molar-refractivity contribution is -0.147. The summed E-state index contributed by atoms with van der Waals surface area (Å²) in [5.74, 6) is -0.349. The first kappa shape index (κ1) is 37.5. The van der Waals surface area contributed by atoms with Crippen molar-refractivity contribution >= 4 is 23.6 Å². The van der Waals surface area contributed by atoms with E-state index in [1.807, 2.05) is 78.9 Å². The summed E-state index contributed by atoms with van der Waals surface area (Å²) >= 11 is 0. The monoisotopic (exact) mass is 658 g/mol. The van der Waals surface area contributed by atoms with Gasteiger partial charge in [-0.05, 0) is 52.6 Å². The van der Waals surface area contributed by atoms with E-state index in [1.54, 1.807) is 54.6 Å². The van der Waals surface area contributed by atoms with Crippen LogP contribution in [0.3, 0.4) is 0 Å². The second kappa shape index (κ2) is 21.1. The van der Waals surface area contributed by atoms with Crippen LogP contribution in [-0.2, 0) is 19.1 Å². The Morgan fingerprint density at radius 3 is 1.61 bits per heavy atom. The van der Waals surface area contributed by atoms with E-state index in [-0.39, 0.29) is 13.2 Å². The zero-order valence-electron chi connectivity index (χ0n) is 27.5. The SMILES string of the molecule is C=CCOC(=O)C(=Cc1ccccc1)c1ccc(OCC=C)cc1.C=CCOC(=O)C(c1ccc(OCC=C)cc1)C(O)c1ccccc1. The third-order valence-corrected chi connectivity index (χ3v) is 6.86. The number of rotatable bonds is 17. The molecule has 49 heavy (non-hydrogen) atoms. The zero-order valence-corrected chi connectivity index (χ0v) is 27.5. The summed E-state index contributed by atoms with van der Waals surface area (Å²) in [6.07, 6.45) is 7.17. The van der Waals surface area contributed by atoms with Gasteiger partial charge in [-0.15, -0.1) is 0 Å². The molecular weight excluding hydrogens is 616 g/mol. The molecule has 2 atom stereocenters. The molecule has 4 rings (SSSR count). The number of aliphatic hydroxyl groups is 1. The molecule has 0 fully saturated rings. The molecule has 0 radical (unpaired) electrons. The molecule has 0 aliphatic carbocycles. The molecule has 0 aliphatic rings. The van der Waals surface area contributed by atoms with Gasteiger partial charge in [0.05, 0.1) is 11.7 Å². The number of hydrogen-bond donors (Lipinski definition) is 1. The summed E-state index contributed by atoms with van der Waals surface area (Å²) in [6, 6.07) is 33.0. The number of benzene rings is 4. The van der Waals surface area contributed by atoms with Crippen molar-refractivity contribution in [2.75, 3.05) is 26.4 Å². The minimum Gasteiger partial charge on any atom is -0.490 e. The Morgan fingerprint density at radius 2 is 1.08 bits per heavy atom. The first-order chi connectivity index (χ1) is 23.9. The van der Waals surface area contributed by atoms with E-state index in [0.717, 1.165) is 16.9 Å². The van der Waals surface area contributed by atoms with Crippen molar-refractivity contribution in [2.45, 2.75) is 12.0 Å². The summed E-state index contributed by atoms with van der Waals surface area (Å²) < 4.78 is 21.3. The fourth-order valence-electron chi connectivity index (χ4n) is 4.52. The normalized spacial score (nSPS) is 11.7. The van der Waals surface area contributed by atoms with Crippen LogP contribution in [0, 0.1) is 0 Å². The van der Waals surface area contributed by atoms with Gasteiger partial charge >= 0.3 is 11.9 Å². The predicted octanol–water partition coefficient (Wildman–Crippen LogP) is 8.32. The quantitative estimate of drug-likeness (QED) is 0.0528. The van der Waals surface area contributed by atoms with E-state index < -0.39 is 24.0 Å². The Morgan fingerprint density at radius 1 is 0.592 bits per heavy atom. The molecule has 0 aromatic heterocycles. The van der Waals surface area contributed by atoms with Crippen LogP contribution in [0.4, 0.5) is 0 Å². The highest BCUT2D eigenvalue weighted by atomic mass is 16.5. The van der Waals surface area contributed by atoms with Crippen LogP contribution >= 0.6 is 0 Å². The maximum Gasteiger partial charge on any atom is 0.339 e. The fraction of sp³-hybridized carbons (Fsp3) is 0.143.